The molecule has 0 amide bonds. The van der Waals surface area contributed by atoms with Crippen LogP contribution in [0.25, 0.3) is 11.3 Å². The maximum atomic E-state index is 12.7. The van der Waals surface area contributed by atoms with Gasteiger partial charge in [0.2, 0.25) is 0 Å². The number of carbonyl (C=O) groups excluding carboxylic acids is 1. The Morgan fingerprint density at radius 3 is 2.76 bits per heavy atom. The van der Waals surface area contributed by atoms with E-state index in [1.165, 1.54) is 10.7 Å². The van der Waals surface area contributed by atoms with Crippen molar-refractivity contribution in [3.05, 3.63) is 30.5 Å². The van der Waals surface area contributed by atoms with Gasteiger partial charge in [-0.1, -0.05) is 0 Å². The summed E-state index contributed by atoms with van der Waals surface area (Å²) in [4.78, 5) is 12.0. The number of aromatic nitrogens is 2. The fraction of sp³-hybridized carbons (Fsp3) is 0.500. The van der Waals surface area contributed by atoms with Gasteiger partial charge in [0.15, 0.2) is 17.8 Å². The Bertz CT molecular complexity index is 842. The van der Waals surface area contributed by atoms with Gasteiger partial charge in [-0.2, -0.15) is 13.9 Å². The SMILES string of the molecule is CC(C)(C)OC(=O)Cn1ccc(-c2ccc(OC(F)F)c(OC3CCCO3)c2)n1. The molecule has 1 aromatic carbocycles. The van der Waals surface area contributed by atoms with Gasteiger partial charge in [0.05, 0.1) is 12.3 Å². The summed E-state index contributed by atoms with van der Waals surface area (Å²) in [5.41, 5.74) is 0.596. The van der Waals surface area contributed by atoms with Crippen molar-refractivity contribution in [2.24, 2.45) is 0 Å². The highest BCUT2D eigenvalue weighted by atomic mass is 19.3. The van der Waals surface area contributed by atoms with Crippen molar-refractivity contribution >= 4 is 5.97 Å². The van der Waals surface area contributed by atoms with E-state index in [4.69, 9.17) is 14.2 Å². The summed E-state index contributed by atoms with van der Waals surface area (Å²) < 4.78 is 47.8. The molecule has 0 N–H and O–H groups in total. The average Bonchev–Trinajstić information content (AvgIpc) is 3.26. The third-order valence-corrected chi connectivity index (χ3v) is 3.95. The lowest BCUT2D eigenvalue weighted by Gasteiger charge is -2.19. The minimum Gasteiger partial charge on any atom is -0.461 e. The molecule has 1 saturated heterocycles. The Balaban J connectivity index is 1.77. The van der Waals surface area contributed by atoms with Crippen LogP contribution in [0.4, 0.5) is 8.78 Å². The number of alkyl halides is 2. The van der Waals surface area contributed by atoms with Crippen LogP contribution in [0.5, 0.6) is 11.5 Å². The minimum absolute atomic E-state index is 0.0386. The monoisotopic (exact) mass is 410 g/mol. The van der Waals surface area contributed by atoms with Crippen LogP contribution < -0.4 is 9.47 Å². The van der Waals surface area contributed by atoms with Crippen LogP contribution in [-0.4, -0.2) is 40.9 Å². The summed E-state index contributed by atoms with van der Waals surface area (Å²) in [6.45, 7) is 2.92. The molecular weight excluding hydrogens is 386 g/mol. The number of nitrogens with zero attached hydrogens (tertiary/aromatic N) is 2. The maximum Gasteiger partial charge on any atom is 0.387 e. The van der Waals surface area contributed by atoms with E-state index in [1.807, 2.05) is 0 Å². The number of hydrogen-bond donors (Lipinski definition) is 0. The van der Waals surface area contributed by atoms with Crippen molar-refractivity contribution in [1.29, 1.82) is 0 Å². The Hall–Kier alpha value is -2.68. The largest absolute Gasteiger partial charge is 0.461 e. The highest BCUT2D eigenvalue weighted by Crippen LogP contribution is 2.35. The zero-order valence-electron chi connectivity index (χ0n) is 16.6. The molecule has 1 atom stereocenters. The lowest BCUT2D eigenvalue weighted by Crippen LogP contribution is -2.26. The highest BCUT2D eigenvalue weighted by Gasteiger charge is 2.21. The van der Waals surface area contributed by atoms with Gasteiger partial charge in [0.1, 0.15) is 12.1 Å². The van der Waals surface area contributed by atoms with Gasteiger partial charge in [-0.05, 0) is 51.5 Å². The van der Waals surface area contributed by atoms with Crippen LogP contribution >= 0.6 is 0 Å². The Morgan fingerprint density at radius 1 is 1.31 bits per heavy atom. The zero-order valence-corrected chi connectivity index (χ0v) is 16.6. The molecule has 1 unspecified atom stereocenters. The molecule has 1 aliphatic heterocycles. The molecule has 1 fully saturated rings. The molecule has 0 spiro atoms. The zero-order chi connectivity index (χ0) is 21.0. The van der Waals surface area contributed by atoms with Crippen LogP contribution in [0.1, 0.15) is 33.6 Å². The molecule has 7 nitrogen and oxygen atoms in total. The lowest BCUT2D eigenvalue weighted by molar-refractivity contribution is -0.155. The van der Waals surface area contributed by atoms with E-state index in [0.29, 0.717) is 24.3 Å². The van der Waals surface area contributed by atoms with Crippen molar-refractivity contribution < 1.29 is 32.5 Å². The highest BCUT2D eigenvalue weighted by molar-refractivity contribution is 5.70. The summed E-state index contributed by atoms with van der Waals surface area (Å²) in [5.74, 6) is -0.334. The second-order valence-corrected chi connectivity index (χ2v) is 7.59. The summed E-state index contributed by atoms with van der Waals surface area (Å²) in [7, 11) is 0. The molecular formula is C20H24F2N2O5. The van der Waals surface area contributed by atoms with Gasteiger partial charge < -0.3 is 18.9 Å². The van der Waals surface area contributed by atoms with E-state index in [2.05, 4.69) is 9.84 Å². The third kappa shape index (κ3) is 6.15. The minimum atomic E-state index is -2.97. The van der Waals surface area contributed by atoms with Crippen LogP contribution in [0.2, 0.25) is 0 Å². The first-order valence-corrected chi connectivity index (χ1v) is 9.32. The van der Waals surface area contributed by atoms with E-state index >= 15 is 0 Å². The number of rotatable bonds is 7. The number of esters is 1. The average molecular weight is 410 g/mol. The van der Waals surface area contributed by atoms with Crippen molar-refractivity contribution in [2.45, 2.75) is 58.7 Å². The standard InChI is InChI=1S/C20H24F2N2O5/c1-20(2,3)29-17(25)12-24-9-8-14(23-24)13-6-7-15(28-19(21)22)16(11-13)27-18-5-4-10-26-18/h6-9,11,18-19H,4-5,10,12H2,1-3H3. The molecule has 2 aromatic rings. The van der Waals surface area contributed by atoms with Crippen molar-refractivity contribution in [1.82, 2.24) is 9.78 Å². The summed E-state index contributed by atoms with van der Waals surface area (Å²) in [6.07, 6.45) is 2.64. The molecule has 29 heavy (non-hydrogen) atoms. The topological polar surface area (TPSA) is 71.8 Å². The second-order valence-electron chi connectivity index (χ2n) is 7.59. The van der Waals surface area contributed by atoms with Gasteiger partial charge in [0, 0.05) is 18.2 Å². The summed E-state index contributed by atoms with van der Waals surface area (Å²) in [5, 5.41) is 4.35. The Morgan fingerprint density at radius 2 is 2.10 bits per heavy atom. The first-order chi connectivity index (χ1) is 13.7. The van der Waals surface area contributed by atoms with Gasteiger partial charge in [-0.25, -0.2) is 0 Å². The predicted octanol–water partition coefficient (Wildman–Crippen LogP) is 4.01. The molecule has 9 heteroatoms. The molecule has 2 heterocycles. The van der Waals surface area contributed by atoms with Crippen LogP contribution in [-0.2, 0) is 20.8 Å². The molecule has 0 aliphatic carbocycles. The summed E-state index contributed by atoms with van der Waals surface area (Å²) >= 11 is 0. The number of benzene rings is 1. The smallest absolute Gasteiger partial charge is 0.387 e. The molecule has 0 radical (unpaired) electrons. The van der Waals surface area contributed by atoms with E-state index in [1.54, 1.807) is 45.2 Å². The molecule has 0 saturated carbocycles. The lowest BCUT2D eigenvalue weighted by atomic mass is 10.1. The van der Waals surface area contributed by atoms with Crippen molar-refractivity contribution in [2.75, 3.05) is 6.61 Å². The van der Waals surface area contributed by atoms with E-state index in [9.17, 15) is 13.6 Å². The molecule has 3 rings (SSSR count). The predicted molar refractivity (Wildman–Crippen MR) is 99.7 cm³/mol. The molecule has 1 aliphatic rings. The number of halogens is 2. The van der Waals surface area contributed by atoms with Crippen molar-refractivity contribution in [3.8, 4) is 22.8 Å². The van der Waals surface area contributed by atoms with E-state index in [0.717, 1.165) is 6.42 Å². The normalized spacial score (nSPS) is 16.8. The van der Waals surface area contributed by atoms with Gasteiger partial charge in [0.25, 0.3) is 0 Å². The fourth-order valence-electron chi connectivity index (χ4n) is 2.85. The first kappa shape index (κ1) is 21.0. The Labute approximate surface area is 167 Å². The molecule has 158 valence electrons. The van der Waals surface area contributed by atoms with Crippen molar-refractivity contribution in [3.63, 3.8) is 0 Å². The van der Waals surface area contributed by atoms with Gasteiger partial charge >= 0.3 is 12.6 Å². The molecule has 0 bridgehead atoms. The number of hydrogen-bond acceptors (Lipinski definition) is 6. The first-order valence-electron chi connectivity index (χ1n) is 9.32. The van der Waals surface area contributed by atoms with E-state index < -0.39 is 24.5 Å². The molecule has 1 aromatic heterocycles. The van der Waals surface area contributed by atoms with Gasteiger partial charge in [-0.15, -0.1) is 0 Å². The number of ether oxygens (including phenoxy) is 4. The van der Waals surface area contributed by atoms with Crippen LogP contribution in [0.3, 0.4) is 0 Å². The summed E-state index contributed by atoms with van der Waals surface area (Å²) in [6, 6.07) is 6.28. The van der Waals surface area contributed by atoms with Gasteiger partial charge in [-0.3, -0.25) is 9.48 Å². The van der Waals surface area contributed by atoms with E-state index in [-0.39, 0.29) is 18.0 Å². The van der Waals surface area contributed by atoms with Crippen LogP contribution in [0, 0.1) is 0 Å². The number of carbonyl (C=O) groups is 1. The quantitative estimate of drug-likeness (QED) is 0.643. The maximum absolute atomic E-state index is 12.7. The van der Waals surface area contributed by atoms with Crippen LogP contribution in [0.15, 0.2) is 30.5 Å². The second kappa shape index (κ2) is 8.77. The Kier molecular flexibility index (Phi) is 6.36. The third-order valence-electron chi connectivity index (χ3n) is 3.95. The fourth-order valence-corrected chi connectivity index (χ4v) is 2.85.